The minimum absolute atomic E-state index is 0.215. The van der Waals surface area contributed by atoms with E-state index < -0.39 is 28.7 Å². The second-order valence-electron chi connectivity index (χ2n) is 11.4. The molecule has 1 aliphatic heterocycles. The Morgan fingerprint density at radius 2 is 1.68 bits per heavy atom. The molecule has 3 amide bonds. The molecule has 2 aromatic rings. The number of carbonyl (C=O) groups is 4. The highest BCUT2D eigenvalue weighted by atomic mass is 16.5. The average molecular weight is 505 g/mol. The zero-order chi connectivity index (χ0) is 27.0. The Hall–Kier alpha value is -3.48. The molecule has 0 spiro atoms. The van der Waals surface area contributed by atoms with Crippen LogP contribution in [0.4, 0.5) is 5.69 Å². The molecule has 37 heavy (non-hydrogen) atoms. The van der Waals surface area contributed by atoms with E-state index in [0.29, 0.717) is 30.7 Å². The van der Waals surface area contributed by atoms with Crippen molar-refractivity contribution in [2.75, 3.05) is 11.9 Å². The number of nitrogens with one attached hydrogen (secondary N) is 1. The number of ether oxygens (including phenoxy) is 1. The number of hydrogen-bond acceptors (Lipinski definition) is 5. The highest BCUT2D eigenvalue weighted by molar-refractivity contribution is 6.09. The van der Waals surface area contributed by atoms with Crippen molar-refractivity contribution in [3.8, 4) is 0 Å². The van der Waals surface area contributed by atoms with Crippen LogP contribution in [0.5, 0.6) is 0 Å². The van der Waals surface area contributed by atoms with E-state index in [4.69, 9.17) is 4.74 Å². The summed E-state index contributed by atoms with van der Waals surface area (Å²) < 4.78 is 5.26. The fourth-order valence-electron chi connectivity index (χ4n) is 5.52. The second-order valence-corrected chi connectivity index (χ2v) is 11.4. The molecule has 3 atom stereocenters. The normalized spacial score (nSPS) is 23.2. The zero-order valence-electron chi connectivity index (χ0n) is 22.2. The molecule has 1 heterocycles. The number of likely N-dealkylation sites (tertiary alicyclic amines) is 1. The van der Waals surface area contributed by atoms with Gasteiger partial charge in [-0.3, -0.25) is 19.3 Å². The third-order valence-corrected chi connectivity index (χ3v) is 8.27. The molecule has 0 aromatic heterocycles. The lowest BCUT2D eigenvalue weighted by Gasteiger charge is -2.49. The summed E-state index contributed by atoms with van der Waals surface area (Å²) in [5.41, 5.74) is 0.529. The molecule has 1 aliphatic carbocycles. The predicted molar refractivity (Wildman–Crippen MR) is 141 cm³/mol. The van der Waals surface area contributed by atoms with Crippen LogP contribution in [0.2, 0.25) is 0 Å². The summed E-state index contributed by atoms with van der Waals surface area (Å²) in [5.74, 6) is -1.50. The van der Waals surface area contributed by atoms with Gasteiger partial charge in [0.05, 0.1) is 17.6 Å². The van der Waals surface area contributed by atoms with Gasteiger partial charge < -0.3 is 10.1 Å². The van der Waals surface area contributed by atoms with Gasteiger partial charge in [-0.25, -0.2) is 4.79 Å². The average Bonchev–Trinajstić information content (AvgIpc) is 3.05. The van der Waals surface area contributed by atoms with Crippen LogP contribution in [0.25, 0.3) is 0 Å². The number of anilines is 1. The number of benzene rings is 2. The molecule has 2 aliphatic rings. The summed E-state index contributed by atoms with van der Waals surface area (Å²) in [6.07, 6.45) is 1.48. The molecular formula is C30H36N2O5. The number of amides is 3. The molecule has 2 aromatic carbocycles. The Morgan fingerprint density at radius 3 is 2.30 bits per heavy atom. The Kier molecular flexibility index (Phi) is 7.27. The number of carbonyl (C=O) groups excluding carboxylic acids is 4. The smallest absolute Gasteiger partial charge is 0.338 e. The molecule has 1 N–H and O–H groups in total. The Labute approximate surface area is 218 Å². The van der Waals surface area contributed by atoms with Gasteiger partial charge in [-0.1, -0.05) is 65.0 Å². The van der Waals surface area contributed by atoms with Gasteiger partial charge in [-0.05, 0) is 54.0 Å². The van der Waals surface area contributed by atoms with E-state index in [0.717, 1.165) is 5.56 Å². The summed E-state index contributed by atoms with van der Waals surface area (Å²) in [5, 5.41) is 2.86. The van der Waals surface area contributed by atoms with E-state index in [1.807, 2.05) is 65.0 Å². The fraction of sp³-hybridized carbons (Fsp3) is 0.467. The highest BCUT2D eigenvalue weighted by Crippen LogP contribution is 2.60. The molecule has 1 saturated carbocycles. The van der Waals surface area contributed by atoms with Gasteiger partial charge in [0.25, 0.3) is 0 Å². The summed E-state index contributed by atoms with van der Waals surface area (Å²) in [7, 11) is 0. The van der Waals surface area contributed by atoms with Gasteiger partial charge in [-0.15, -0.1) is 0 Å². The lowest BCUT2D eigenvalue weighted by Crippen LogP contribution is -2.64. The fourth-order valence-corrected chi connectivity index (χ4v) is 5.52. The van der Waals surface area contributed by atoms with Crippen molar-refractivity contribution in [2.45, 2.75) is 59.9 Å². The molecule has 1 saturated heterocycles. The molecule has 196 valence electrons. The van der Waals surface area contributed by atoms with Crippen molar-refractivity contribution >= 4 is 29.4 Å². The number of imide groups is 1. The molecule has 7 nitrogen and oxygen atoms in total. The van der Waals surface area contributed by atoms with Crippen LogP contribution < -0.4 is 5.32 Å². The number of fused-ring (bicyclic) bond motifs is 2. The Morgan fingerprint density at radius 1 is 1.03 bits per heavy atom. The first-order valence-electron chi connectivity index (χ1n) is 12.9. The molecule has 2 bridgehead atoms. The molecule has 0 radical (unpaired) electrons. The maximum atomic E-state index is 13.8. The van der Waals surface area contributed by atoms with Gasteiger partial charge in [-0.2, -0.15) is 0 Å². The van der Waals surface area contributed by atoms with E-state index in [-0.39, 0.29) is 30.1 Å². The zero-order valence-corrected chi connectivity index (χ0v) is 22.2. The largest absolute Gasteiger partial charge is 0.462 e. The molecular weight excluding hydrogens is 468 g/mol. The van der Waals surface area contributed by atoms with E-state index in [2.05, 4.69) is 5.32 Å². The molecule has 7 heteroatoms. The monoisotopic (exact) mass is 504 g/mol. The van der Waals surface area contributed by atoms with Crippen LogP contribution in [0.3, 0.4) is 0 Å². The van der Waals surface area contributed by atoms with Gasteiger partial charge in [0.15, 0.2) is 0 Å². The number of esters is 1. The van der Waals surface area contributed by atoms with Crippen LogP contribution in [0.15, 0.2) is 54.6 Å². The number of piperidine rings is 1. The lowest BCUT2D eigenvalue weighted by molar-refractivity contribution is -0.172. The van der Waals surface area contributed by atoms with Crippen LogP contribution in [0, 0.1) is 22.7 Å². The van der Waals surface area contributed by atoms with E-state index in [1.54, 1.807) is 24.3 Å². The molecule has 4 rings (SSSR count). The van der Waals surface area contributed by atoms with Crippen LogP contribution in [-0.4, -0.2) is 41.2 Å². The van der Waals surface area contributed by atoms with Gasteiger partial charge in [0, 0.05) is 18.0 Å². The maximum absolute atomic E-state index is 13.8. The summed E-state index contributed by atoms with van der Waals surface area (Å²) >= 11 is 0. The topological polar surface area (TPSA) is 92.8 Å². The first kappa shape index (κ1) is 26.6. The van der Waals surface area contributed by atoms with Gasteiger partial charge in [0.1, 0.15) is 6.04 Å². The summed E-state index contributed by atoms with van der Waals surface area (Å²) in [4.78, 5) is 54.6. The minimum atomic E-state index is -0.992. The number of hydrogen-bond donors (Lipinski definition) is 1. The van der Waals surface area contributed by atoms with E-state index >= 15 is 0 Å². The predicted octanol–water partition coefficient (Wildman–Crippen LogP) is 4.86. The quantitative estimate of drug-likeness (QED) is 0.409. The second kappa shape index (κ2) is 10.1. The third-order valence-electron chi connectivity index (χ3n) is 8.27. The Bertz CT molecular complexity index is 1190. The van der Waals surface area contributed by atoms with Crippen LogP contribution >= 0.6 is 0 Å². The first-order chi connectivity index (χ1) is 17.5. The van der Waals surface area contributed by atoms with Crippen molar-refractivity contribution in [3.05, 3.63) is 65.7 Å². The number of rotatable bonds is 8. The highest BCUT2D eigenvalue weighted by Gasteiger charge is 2.65. The Balaban J connectivity index is 1.59. The van der Waals surface area contributed by atoms with Crippen molar-refractivity contribution in [1.82, 2.24) is 4.90 Å². The molecule has 3 unspecified atom stereocenters. The van der Waals surface area contributed by atoms with Crippen LogP contribution in [-0.2, 0) is 25.5 Å². The standard InChI is InChI=1S/C30H36N2O5/c1-19(2)18-37-27(35)21-11-13-22(14-12-21)31-25(33)24(17-20-9-7-6-8-10-20)32-26(34)23-15-16-30(5,28(32)36)29(23,3)4/h6-14,19,23-24H,15-18H2,1-5H3,(H,31,33). The summed E-state index contributed by atoms with van der Waals surface area (Å²) in [6.45, 7) is 10.1. The maximum Gasteiger partial charge on any atom is 0.338 e. The van der Waals surface area contributed by atoms with Crippen LogP contribution in [0.1, 0.15) is 63.4 Å². The van der Waals surface area contributed by atoms with Crippen molar-refractivity contribution < 1.29 is 23.9 Å². The van der Waals surface area contributed by atoms with Crippen molar-refractivity contribution in [3.63, 3.8) is 0 Å². The summed E-state index contributed by atoms with van der Waals surface area (Å²) in [6, 6.07) is 14.8. The first-order valence-corrected chi connectivity index (χ1v) is 12.9. The van der Waals surface area contributed by atoms with Crippen molar-refractivity contribution in [1.29, 1.82) is 0 Å². The van der Waals surface area contributed by atoms with Gasteiger partial charge >= 0.3 is 5.97 Å². The van der Waals surface area contributed by atoms with Crippen molar-refractivity contribution in [2.24, 2.45) is 22.7 Å². The SMILES string of the molecule is CC(C)COC(=O)c1ccc(NC(=O)C(Cc2ccccc2)N2C(=O)C3CCC(C)(C2=O)C3(C)C)cc1. The lowest BCUT2D eigenvalue weighted by atomic mass is 9.62. The minimum Gasteiger partial charge on any atom is -0.462 e. The third kappa shape index (κ3) is 4.91. The van der Waals surface area contributed by atoms with E-state index in [9.17, 15) is 19.2 Å². The number of nitrogens with zero attached hydrogens (tertiary/aromatic N) is 1. The van der Waals surface area contributed by atoms with E-state index in [1.165, 1.54) is 4.90 Å². The van der Waals surface area contributed by atoms with Gasteiger partial charge in [0.2, 0.25) is 17.7 Å². The molecule has 2 fully saturated rings.